The van der Waals surface area contributed by atoms with Crippen molar-refractivity contribution in [2.24, 2.45) is 0 Å². The molecule has 0 aliphatic heterocycles. The Morgan fingerprint density at radius 3 is 2.89 bits per heavy atom. The van der Waals surface area contributed by atoms with E-state index in [4.69, 9.17) is 0 Å². The molecule has 0 radical (unpaired) electrons. The van der Waals surface area contributed by atoms with E-state index >= 15 is 0 Å². The lowest BCUT2D eigenvalue weighted by Crippen LogP contribution is -2.15. The molecule has 2 aromatic rings. The van der Waals surface area contributed by atoms with Crippen molar-refractivity contribution in [3.8, 4) is 5.82 Å². The van der Waals surface area contributed by atoms with E-state index < -0.39 is 0 Å². The number of hydrogen-bond acceptors (Lipinski definition) is 3. The summed E-state index contributed by atoms with van der Waals surface area (Å²) in [5, 5.41) is 7.75. The molecule has 18 heavy (non-hydrogen) atoms. The van der Waals surface area contributed by atoms with Crippen LogP contribution in [0, 0.1) is 6.92 Å². The first kappa shape index (κ1) is 11.9. The third kappa shape index (κ3) is 2.62. The largest absolute Gasteiger partial charge is 0.310 e. The van der Waals surface area contributed by atoms with E-state index in [1.165, 1.54) is 18.4 Å². The van der Waals surface area contributed by atoms with Crippen molar-refractivity contribution in [1.82, 2.24) is 20.1 Å². The van der Waals surface area contributed by atoms with Gasteiger partial charge in [0, 0.05) is 25.0 Å². The number of aromatic nitrogens is 3. The van der Waals surface area contributed by atoms with Crippen LogP contribution in [0.15, 0.2) is 29.1 Å². The Morgan fingerprint density at radius 2 is 2.28 bits per heavy atom. The summed E-state index contributed by atoms with van der Waals surface area (Å²) in [5.74, 6) is 0.885. The molecule has 0 bridgehead atoms. The zero-order valence-electron chi connectivity index (χ0n) is 10.2. The van der Waals surface area contributed by atoms with Crippen LogP contribution in [0.1, 0.15) is 24.0 Å². The van der Waals surface area contributed by atoms with Gasteiger partial charge in [-0.2, -0.15) is 5.10 Å². The molecule has 2 heterocycles. The highest BCUT2D eigenvalue weighted by atomic mass is 79.9. The zero-order valence-corrected chi connectivity index (χ0v) is 11.8. The maximum absolute atomic E-state index is 4.50. The molecule has 0 amide bonds. The van der Waals surface area contributed by atoms with Gasteiger partial charge in [0.2, 0.25) is 0 Å². The summed E-state index contributed by atoms with van der Waals surface area (Å²) in [4.78, 5) is 4.50. The van der Waals surface area contributed by atoms with Gasteiger partial charge < -0.3 is 5.32 Å². The first-order valence-electron chi connectivity index (χ1n) is 6.12. The van der Waals surface area contributed by atoms with Crippen molar-refractivity contribution >= 4 is 15.9 Å². The Labute approximate surface area is 115 Å². The predicted octanol–water partition coefficient (Wildman–Crippen LogP) is 2.59. The predicted molar refractivity (Wildman–Crippen MR) is 73.7 cm³/mol. The Morgan fingerprint density at radius 1 is 1.44 bits per heavy atom. The van der Waals surface area contributed by atoms with Crippen molar-refractivity contribution in [1.29, 1.82) is 0 Å². The molecule has 3 rings (SSSR count). The second-order valence-corrected chi connectivity index (χ2v) is 5.66. The van der Waals surface area contributed by atoms with Crippen molar-refractivity contribution in [3.63, 3.8) is 0 Å². The van der Waals surface area contributed by atoms with Gasteiger partial charge in [-0.25, -0.2) is 9.67 Å². The molecule has 0 atom stereocenters. The van der Waals surface area contributed by atoms with Gasteiger partial charge >= 0.3 is 0 Å². The van der Waals surface area contributed by atoms with Crippen LogP contribution in [-0.2, 0) is 6.54 Å². The molecule has 2 aromatic heterocycles. The van der Waals surface area contributed by atoms with Gasteiger partial charge in [-0.3, -0.25) is 0 Å². The lowest BCUT2D eigenvalue weighted by molar-refractivity contribution is 0.684. The first-order valence-corrected chi connectivity index (χ1v) is 6.91. The molecule has 1 aliphatic rings. The van der Waals surface area contributed by atoms with E-state index in [0.717, 1.165) is 28.4 Å². The lowest BCUT2D eigenvalue weighted by atomic mass is 10.2. The molecule has 0 spiro atoms. The van der Waals surface area contributed by atoms with Crippen LogP contribution in [0.4, 0.5) is 0 Å². The minimum atomic E-state index is 0.729. The van der Waals surface area contributed by atoms with Gasteiger partial charge in [0.1, 0.15) is 0 Å². The van der Waals surface area contributed by atoms with Crippen LogP contribution in [0.2, 0.25) is 0 Å². The molecule has 4 nitrogen and oxygen atoms in total. The zero-order chi connectivity index (χ0) is 12.5. The van der Waals surface area contributed by atoms with Gasteiger partial charge in [0.15, 0.2) is 5.82 Å². The smallest absolute Gasteiger partial charge is 0.156 e. The van der Waals surface area contributed by atoms with Crippen LogP contribution in [0.3, 0.4) is 0 Å². The second kappa shape index (κ2) is 4.82. The van der Waals surface area contributed by atoms with Crippen molar-refractivity contribution in [2.75, 3.05) is 0 Å². The van der Waals surface area contributed by atoms with E-state index in [9.17, 15) is 0 Å². The molecule has 1 N–H and O–H groups in total. The normalized spacial score (nSPS) is 15.0. The maximum Gasteiger partial charge on any atom is 0.156 e. The summed E-state index contributed by atoms with van der Waals surface area (Å²) >= 11 is 3.40. The summed E-state index contributed by atoms with van der Waals surface area (Å²) < 4.78 is 2.75. The van der Waals surface area contributed by atoms with Gasteiger partial charge in [-0.1, -0.05) is 0 Å². The van der Waals surface area contributed by atoms with E-state index in [1.807, 2.05) is 12.4 Å². The molecule has 1 aliphatic carbocycles. The quantitative estimate of drug-likeness (QED) is 0.944. The average molecular weight is 307 g/mol. The number of halogens is 1. The molecule has 1 saturated carbocycles. The number of nitrogens with zero attached hydrogens (tertiary/aromatic N) is 3. The highest BCUT2D eigenvalue weighted by Gasteiger charge is 2.20. The number of pyridine rings is 1. The molecular formula is C13H15BrN4. The SMILES string of the molecule is Cc1cc(CNC2CC2)cnc1-n1cc(Br)cn1. The Kier molecular flexibility index (Phi) is 3.18. The van der Waals surface area contributed by atoms with Gasteiger partial charge in [0.25, 0.3) is 0 Å². The Bertz CT molecular complexity index is 560. The fourth-order valence-corrected chi connectivity index (χ4v) is 2.21. The molecule has 94 valence electrons. The van der Waals surface area contributed by atoms with E-state index in [1.54, 1.807) is 10.9 Å². The average Bonchev–Trinajstić information content (AvgIpc) is 3.09. The van der Waals surface area contributed by atoms with Crippen LogP contribution in [-0.4, -0.2) is 20.8 Å². The molecular weight excluding hydrogens is 292 g/mol. The van der Waals surface area contributed by atoms with Gasteiger partial charge in [-0.05, 0) is 52.9 Å². The van der Waals surface area contributed by atoms with Crippen LogP contribution in [0.5, 0.6) is 0 Å². The summed E-state index contributed by atoms with van der Waals surface area (Å²) in [6.07, 6.45) is 8.23. The highest BCUT2D eigenvalue weighted by Crippen LogP contribution is 2.20. The number of rotatable bonds is 4. The monoisotopic (exact) mass is 306 g/mol. The van der Waals surface area contributed by atoms with Crippen LogP contribution < -0.4 is 5.32 Å². The Hall–Kier alpha value is -1.20. The van der Waals surface area contributed by atoms with Crippen molar-refractivity contribution in [3.05, 3.63) is 40.3 Å². The minimum Gasteiger partial charge on any atom is -0.310 e. The van der Waals surface area contributed by atoms with Crippen LogP contribution >= 0.6 is 15.9 Å². The number of nitrogens with one attached hydrogen (secondary N) is 1. The maximum atomic E-state index is 4.50. The molecule has 0 saturated heterocycles. The summed E-state index contributed by atoms with van der Waals surface area (Å²) in [6.45, 7) is 2.97. The number of hydrogen-bond donors (Lipinski definition) is 1. The summed E-state index contributed by atoms with van der Waals surface area (Å²) in [5.41, 5.74) is 2.37. The first-order chi connectivity index (χ1) is 8.72. The third-order valence-electron chi connectivity index (χ3n) is 3.05. The minimum absolute atomic E-state index is 0.729. The third-order valence-corrected chi connectivity index (χ3v) is 3.46. The van der Waals surface area contributed by atoms with E-state index in [2.05, 4.69) is 44.3 Å². The molecule has 0 unspecified atom stereocenters. The summed E-state index contributed by atoms with van der Waals surface area (Å²) in [6, 6.07) is 2.90. The second-order valence-electron chi connectivity index (χ2n) is 4.74. The topological polar surface area (TPSA) is 42.7 Å². The standard InChI is InChI=1S/C13H15BrN4/c1-9-4-10(5-15-12-2-3-12)6-16-13(9)18-8-11(14)7-17-18/h4,6-8,12,15H,2-3,5H2,1H3. The molecule has 5 heteroatoms. The van der Waals surface area contributed by atoms with Crippen molar-refractivity contribution < 1.29 is 0 Å². The summed E-state index contributed by atoms with van der Waals surface area (Å²) in [7, 11) is 0. The lowest BCUT2D eigenvalue weighted by Gasteiger charge is -2.08. The molecule has 1 fully saturated rings. The number of aryl methyl sites for hydroxylation is 1. The highest BCUT2D eigenvalue weighted by molar-refractivity contribution is 9.10. The molecule has 0 aromatic carbocycles. The van der Waals surface area contributed by atoms with Gasteiger partial charge in [0.05, 0.1) is 10.7 Å². The fourth-order valence-electron chi connectivity index (χ4n) is 1.93. The van der Waals surface area contributed by atoms with E-state index in [0.29, 0.717) is 0 Å². The fraction of sp³-hybridized carbons (Fsp3) is 0.385. The van der Waals surface area contributed by atoms with Crippen LogP contribution in [0.25, 0.3) is 5.82 Å². The van der Waals surface area contributed by atoms with Gasteiger partial charge in [-0.15, -0.1) is 0 Å². The Balaban J connectivity index is 1.79. The van der Waals surface area contributed by atoms with Crippen molar-refractivity contribution in [2.45, 2.75) is 32.4 Å². The van der Waals surface area contributed by atoms with E-state index in [-0.39, 0.29) is 0 Å².